The van der Waals surface area contributed by atoms with E-state index < -0.39 is 6.04 Å². The number of hydrogen-bond donors (Lipinski definition) is 2. The monoisotopic (exact) mass is 482 g/mol. The van der Waals surface area contributed by atoms with Crippen LogP contribution in [0.25, 0.3) is 28.0 Å². The molecule has 3 aromatic heterocycles. The van der Waals surface area contributed by atoms with Crippen molar-refractivity contribution in [2.24, 2.45) is 0 Å². The summed E-state index contributed by atoms with van der Waals surface area (Å²) in [4.78, 5) is 31.8. The van der Waals surface area contributed by atoms with Gasteiger partial charge in [0.1, 0.15) is 29.4 Å². The summed E-state index contributed by atoms with van der Waals surface area (Å²) in [6, 6.07) is 13.0. The van der Waals surface area contributed by atoms with Crippen LogP contribution in [0.3, 0.4) is 0 Å². The summed E-state index contributed by atoms with van der Waals surface area (Å²) < 4.78 is 7.05. The van der Waals surface area contributed by atoms with E-state index in [1.807, 2.05) is 63.2 Å². The Kier molecular flexibility index (Phi) is 5.93. The Morgan fingerprint density at radius 3 is 2.53 bits per heavy atom. The Morgan fingerprint density at radius 2 is 1.81 bits per heavy atom. The molecule has 36 heavy (non-hydrogen) atoms. The van der Waals surface area contributed by atoms with Crippen LogP contribution in [0.2, 0.25) is 0 Å². The van der Waals surface area contributed by atoms with E-state index in [9.17, 15) is 4.79 Å². The predicted octanol–water partition coefficient (Wildman–Crippen LogP) is 4.30. The lowest BCUT2D eigenvalue weighted by Crippen LogP contribution is -2.29. The number of nitrogens with zero attached hydrogens (tertiary/aromatic N) is 6. The smallest absolute Gasteiger partial charge is 0.266 e. The van der Waals surface area contributed by atoms with Crippen molar-refractivity contribution in [2.45, 2.75) is 40.2 Å². The molecule has 2 aromatic carbocycles. The Labute approximate surface area is 207 Å². The van der Waals surface area contributed by atoms with Gasteiger partial charge in [0.25, 0.3) is 11.4 Å². The lowest BCUT2D eigenvalue weighted by molar-refractivity contribution is 0.425. The van der Waals surface area contributed by atoms with Crippen LogP contribution in [0.4, 0.5) is 11.6 Å². The minimum absolute atomic E-state index is 0.127. The van der Waals surface area contributed by atoms with Gasteiger partial charge in [-0.1, -0.05) is 42.4 Å². The first-order chi connectivity index (χ1) is 17.4. The Balaban J connectivity index is 1.73. The number of nitrogen functional groups attached to an aromatic ring is 1. The average Bonchev–Trinajstić information content (AvgIpc) is 3.28. The van der Waals surface area contributed by atoms with Crippen LogP contribution in [0.15, 0.2) is 58.1 Å². The third-order valence-corrected chi connectivity index (χ3v) is 6.14. The fraction of sp³-hybridized carbons (Fsp3) is 0.231. The van der Waals surface area contributed by atoms with Gasteiger partial charge in [-0.05, 0) is 50.5 Å². The van der Waals surface area contributed by atoms with Crippen molar-refractivity contribution >= 4 is 22.5 Å². The molecule has 0 fully saturated rings. The zero-order chi connectivity index (χ0) is 25.4. The van der Waals surface area contributed by atoms with Crippen molar-refractivity contribution in [3.05, 3.63) is 81.9 Å². The molecule has 3 N–H and O–H groups in total. The van der Waals surface area contributed by atoms with Crippen LogP contribution in [0.5, 0.6) is 0 Å². The third-order valence-electron chi connectivity index (χ3n) is 6.14. The molecule has 10 nitrogen and oxygen atoms in total. The highest BCUT2D eigenvalue weighted by atomic mass is 16.5. The highest BCUT2D eigenvalue weighted by Gasteiger charge is 2.25. The van der Waals surface area contributed by atoms with E-state index in [0.29, 0.717) is 40.4 Å². The molecule has 0 amide bonds. The number of hydrogen-bond acceptors (Lipinski definition) is 9. The number of benzene rings is 2. The summed E-state index contributed by atoms with van der Waals surface area (Å²) in [5.74, 6) is 1.84. The van der Waals surface area contributed by atoms with E-state index in [1.54, 1.807) is 11.5 Å². The van der Waals surface area contributed by atoms with Gasteiger partial charge < -0.3 is 15.6 Å². The highest BCUT2D eigenvalue weighted by Crippen LogP contribution is 2.33. The number of rotatable bonds is 6. The fourth-order valence-corrected chi connectivity index (χ4v) is 4.33. The molecule has 0 spiro atoms. The Bertz CT molecular complexity index is 1640. The summed E-state index contributed by atoms with van der Waals surface area (Å²) in [5.41, 5.74) is 9.69. The molecule has 0 saturated heterocycles. The van der Waals surface area contributed by atoms with Crippen LogP contribution in [0, 0.1) is 20.8 Å². The summed E-state index contributed by atoms with van der Waals surface area (Å²) in [6.07, 6.45) is 1.96. The van der Waals surface area contributed by atoms with Gasteiger partial charge in [0.15, 0.2) is 5.82 Å². The van der Waals surface area contributed by atoms with Crippen molar-refractivity contribution in [2.75, 3.05) is 11.1 Å². The zero-order valence-corrected chi connectivity index (χ0v) is 20.5. The first-order valence-electron chi connectivity index (χ1n) is 11.6. The van der Waals surface area contributed by atoms with E-state index in [1.165, 1.54) is 6.33 Å². The van der Waals surface area contributed by atoms with Gasteiger partial charge in [-0.15, -0.1) is 0 Å². The molecule has 3 heterocycles. The van der Waals surface area contributed by atoms with E-state index in [2.05, 4.69) is 25.4 Å². The maximum atomic E-state index is 14.0. The van der Waals surface area contributed by atoms with Gasteiger partial charge in [-0.3, -0.25) is 9.36 Å². The minimum atomic E-state index is -0.403. The van der Waals surface area contributed by atoms with Gasteiger partial charge in [-0.2, -0.15) is 4.98 Å². The Hall–Kier alpha value is -4.60. The van der Waals surface area contributed by atoms with E-state index in [4.69, 9.17) is 15.2 Å². The number of aromatic nitrogens is 6. The summed E-state index contributed by atoms with van der Waals surface area (Å²) >= 11 is 0. The van der Waals surface area contributed by atoms with E-state index in [-0.39, 0.29) is 17.3 Å². The number of para-hydroxylation sites is 1. The second kappa shape index (κ2) is 9.21. The van der Waals surface area contributed by atoms with Crippen LogP contribution >= 0.6 is 0 Å². The molecular weight excluding hydrogens is 456 g/mol. The maximum Gasteiger partial charge on any atom is 0.266 e. The van der Waals surface area contributed by atoms with Gasteiger partial charge in [0, 0.05) is 0 Å². The lowest BCUT2D eigenvalue weighted by Gasteiger charge is -2.24. The van der Waals surface area contributed by atoms with Crippen LogP contribution < -0.4 is 16.6 Å². The zero-order valence-electron chi connectivity index (χ0n) is 20.5. The van der Waals surface area contributed by atoms with Crippen molar-refractivity contribution < 1.29 is 4.52 Å². The maximum absolute atomic E-state index is 14.0. The molecule has 0 aliphatic heterocycles. The quantitative estimate of drug-likeness (QED) is 0.363. The number of nitrogens with one attached hydrogen (secondary N) is 1. The second-order valence-electron chi connectivity index (χ2n) is 8.60. The van der Waals surface area contributed by atoms with Crippen molar-refractivity contribution in [1.82, 2.24) is 29.7 Å². The largest absolute Gasteiger partial charge is 0.383 e. The predicted molar refractivity (Wildman–Crippen MR) is 138 cm³/mol. The number of aryl methyl sites for hydroxylation is 3. The van der Waals surface area contributed by atoms with Crippen LogP contribution in [-0.2, 0) is 0 Å². The molecule has 1 atom stereocenters. The third kappa shape index (κ3) is 3.96. The topological polar surface area (TPSA) is 138 Å². The Morgan fingerprint density at radius 1 is 1.03 bits per heavy atom. The van der Waals surface area contributed by atoms with Crippen LogP contribution in [-0.4, -0.2) is 29.7 Å². The molecule has 0 aliphatic carbocycles. The van der Waals surface area contributed by atoms with E-state index in [0.717, 1.165) is 16.8 Å². The highest BCUT2D eigenvalue weighted by molar-refractivity contribution is 5.82. The van der Waals surface area contributed by atoms with Gasteiger partial charge in [0.05, 0.1) is 22.6 Å². The molecule has 0 bridgehead atoms. The molecule has 10 heteroatoms. The molecule has 0 aliphatic rings. The first kappa shape index (κ1) is 23.2. The number of fused-ring (bicyclic) bond motifs is 1. The average molecular weight is 483 g/mol. The SMILES string of the molecule is CCC(Nc1ncnc(N)c1-c1nc(C)no1)c1nc2cccc(C)c2c(=O)n1-c1ccccc1C. The minimum Gasteiger partial charge on any atom is -0.383 e. The molecule has 5 aromatic rings. The standard InChI is InChI=1S/C26H26N8O2/c1-5-17(31-23-21(22(27)28-13-29-23)25-30-16(4)33-36-25)24-32-18-11-8-10-15(3)20(18)26(35)34(24)19-12-7-6-9-14(19)2/h6-13,17H,5H2,1-4H3,(H3,27,28,29,31). The molecule has 0 saturated carbocycles. The first-order valence-corrected chi connectivity index (χ1v) is 11.6. The molecule has 182 valence electrons. The number of nitrogens with two attached hydrogens (primary N) is 1. The molecular formula is C26H26N8O2. The van der Waals surface area contributed by atoms with Crippen molar-refractivity contribution in [3.63, 3.8) is 0 Å². The van der Waals surface area contributed by atoms with E-state index >= 15 is 0 Å². The summed E-state index contributed by atoms with van der Waals surface area (Å²) in [7, 11) is 0. The van der Waals surface area contributed by atoms with Gasteiger partial charge in [0.2, 0.25) is 0 Å². The van der Waals surface area contributed by atoms with Crippen molar-refractivity contribution in [3.8, 4) is 17.1 Å². The second-order valence-corrected chi connectivity index (χ2v) is 8.60. The summed E-state index contributed by atoms with van der Waals surface area (Å²) in [6.45, 7) is 7.62. The molecule has 1 unspecified atom stereocenters. The normalized spacial score (nSPS) is 12.1. The lowest BCUT2D eigenvalue weighted by atomic mass is 10.1. The molecule has 5 rings (SSSR count). The molecule has 0 radical (unpaired) electrons. The van der Waals surface area contributed by atoms with Crippen LogP contribution in [0.1, 0.15) is 42.2 Å². The summed E-state index contributed by atoms with van der Waals surface area (Å²) in [5, 5.41) is 7.88. The number of anilines is 2. The van der Waals surface area contributed by atoms with Crippen molar-refractivity contribution in [1.29, 1.82) is 0 Å². The fourth-order valence-electron chi connectivity index (χ4n) is 4.33. The van der Waals surface area contributed by atoms with Gasteiger partial charge in [-0.25, -0.2) is 15.0 Å². The van der Waals surface area contributed by atoms with Gasteiger partial charge >= 0.3 is 0 Å².